The number of fused-ring (bicyclic) bond motifs is 1. The van der Waals surface area contributed by atoms with Crippen LogP contribution < -0.4 is 15.4 Å². The summed E-state index contributed by atoms with van der Waals surface area (Å²) in [6.45, 7) is 0.308. The van der Waals surface area contributed by atoms with Crippen molar-refractivity contribution in [2.45, 2.75) is 5.92 Å². The molecule has 31 heavy (non-hydrogen) atoms. The van der Waals surface area contributed by atoms with Crippen LogP contribution in [0.25, 0.3) is 10.9 Å². The van der Waals surface area contributed by atoms with E-state index in [1.54, 1.807) is 30.3 Å². The third kappa shape index (κ3) is 4.64. The fourth-order valence-electron chi connectivity index (χ4n) is 3.62. The molecule has 7 heteroatoms. The molecule has 1 atom stereocenters. The lowest BCUT2D eigenvalue weighted by molar-refractivity contribution is 0.251. The van der Waals surface area contributed by atoms with Gasteiger partial charge in [0.25, 0.3) is 0 Å². The third-order valence-electron chi connectivity index (χ3n) is 5.15. The van der Waals surface area contributed by atoms with Crippen LogP contribution in [0.2, 0.25) is 5.02 Å². The highest BCUT2D eigenvalue weighted by molar-refractivity contribution is 6.31. The Kier molecular flexibility index (Phi) is 6.09. The Morgan fingerprint density at radius 3 is 2.68 bits per heavy atom. The van der Waals surface area contributed by atoms with E-state index in [9.17, 15) is 9.18 Å². The van der Waals surface area contributed by atoms with E-state index in [-0.39, 0.29) is 11.7 Å². The highest BCUT2D eigenvalue weighted by atomic mass is 35.5. The second-order valence-corrected chi connectivity index (χ2v) is 7.51. The number of anilines is 1. The molecule has 4 aromatic rings. The molecule has 0 bridgehead atoms. The molecule has 1 aromatic heterocycles. The van der Waals surface area contributed by atoms with E-state index in [0.717, 1.165) is 22.0 Å². The van der Waals surface area contributed by atoms with Crippen molar-refractivity contribution in [3.63, 3.8) is 0 Å². The van der Waals surface area contributed by atoms with E-state index in [2.05, 4.69) is 15.6 Å². The van der Waals surface area contributed by atoms with Gasteiger partial charge in [0.2, 0.25) is 0 Å². The van der Waals surface area contributed by atoms with Crippen LogP contribution in [0, 0.1) is 5.82 Å². The molecular formula is C24H21ClFN3O2. The van der Waals surface area contributed by atoms with Gasteiger partial charge in [-0.3, -0.25) is 0 Å². The first-order chi connectivity index (χ1) is 15.0. The van der Waals surface area contributed by atoms with Crippen molar-refractivity contribution < 1.29 is 13.9 Å². The normalized spacial score (nSPS) is 11.8. The number of H-pyrrole nitrogens is 1. The molecule has 5 nitrogen and oxygen atoms in total. The summed E-state index contributed by atoms with van der Waals surface area (Å²) in [4.78, 5) is 15.9. The smallest absolute Gasteiger partial charge is 0.319 e. The number of benzene rings is 3. The molecule has 0 aliphatic heterocycles. The number of halogens is 2. The number of para-hydroxylation sites is 1. The maximum atomic E-state index is 13.5. The van der Waals surface area contributed by atoms with Crippen LogP contribution in [0.15, 0.2) is 72.9 Å². The number of urea groups is 1. The molecule has 2 amide bonds. The molecule has 4 rings (SSSR count). The number of hydrogen-bond donors (Lipinski definition) is 3. The monoisotopic (exact) mass is 437 g/mol. The predicted molar refractivity (Wildman–Crippen MR) is 122 cm³/mol. The topological polar surface area (TPSA) is 66.2 Å². The van der Waals surface area contributed by atoms with E-state index in [1.807, 2.05) is 30.5 Å². The first-order valence-electron chi connectivity index (χ1n) is 9.75. The number of methoxy groups -OCH3 is 1. The van der Waals surface area contributed by atoms with Crippen molar-refractivity contribution in [3.8, 4) is 5.75 Å². The zero-order chi connectivity index (χ0) is 21.8. The van der Waals surface area contributed by atoms with Gasteiger partial charge in [0.15, 0.2) is 0 Å². The molecule has 3 N–H and O–H groups in total. The molecule has 0 saturated carbocycles. The van der Waals surface area contributed by atoms with Crippen LogP contribution in [0.1, 0.15) is 17.0 Å². The summed E-state index contributed by atoms with van der Waals surface area (Å²) in [5.74, 6) is 0.0233. The minimum Gasteiger partial charge on any atom is -0.495 e. The maximum Gasteiger partial charge on any atom is 0.319 e. The summed E-state index contributed by atoms with van der Waals surface area (Å²) in [6, 6.07) is 18.9. The maximum absolute atomic E-state index is 13.5. The number of rotatable bonds is 6. The minimum atomic E-state index is -0.396. The van der Waals surface area contributed by atoms with Crippen LogP contribution >= 0.6 is 11.6 Å². The fourth-order valence-corrected chi connectivity index (χ4v) is 3.80. The molecule has 158 valence electrons. The lowest BCUT2D eigenvalue weighted by Crippen LogP contribution is -2.32. The van der Waals surface area contributed by atoms with Crippen molar-refractivity contribution in [1.29, 1.82) is 0 Å². The lowest BCUT2D eigenvalue weighted by Gasteiger charge is -2.19. The van der Waals surface area contributed by atoms with Crippen molar-refractivity contribution in [1.82, 2.24) is 10.3 Å². The summed E-state index contributed by atoms with van der Waals surface area (Å²) in [5.41, 5.74) is 3.38. The average molecular weight is 438 g/mol. The molecule has 1 heterocycles. The third-order valence-corrected chi connectivity index (χ3v) is 5.38. The SMILES string of the molecule is COc1ccc(Cl)cc1NC(=O)NC[C@H](c1ccc(F)cc1)c1c[nH]c2ccccc12. The Morgan fingerprint density at radius 1 is 1.13 bits per heavy atom. The van der Waals surface area contributed by atoms with Gasteiger partial charge in [0.1, 0.15) is 11.6 Å². The molecule has 0 unspecified atom stereocenters. The Bertz CT molecular complexity index is 1210. The van der Waals surface area contributed by atoms with Crippen LogP contribution in [-0.4, -0.2) is 24.7 Å². The van der Waals surface area contributed by atoms with E-state index in [0.29, 0.717) is 23.0 Å². The highest BCUT2D eigenvalue weighted by Crippen LogP contribution is 2.31. The fraction of sp³-hybridized carbons (Fsp3) is 0.125. The molecule has 0 spiro atoms. The summed E-state index contributed by atoms with van der Waals surface area (Å²) < 4.78 is 18.8. The van der Waals surface area contributed by atoms with Crippen molar-refractivity contribution >= 4 is 34.2 Å². The van der Waals surface area contributed by atoms with Gasteiger partial charge in [-0.1, -0.05) is 41.9 Å². The second kappa shape index (κ2) is 9.10. The standard InChI is InChI=1S/C24H21ClFN3O2/c1-31-23-11-8-16(25)12-22(23)29-24(30)28-13-19(15-6-9-17(26)10-7-15)20-14-27-21-5-3-2-4-18(20)21/h2-12,14,19,27H,13H2,1H3,(H2,28,29,30)/t19-/m1/s1. The first-order valence-corrected chi connectivity index (χ1v) is 10.1. The van der Waals surface area contributed by atoms with Crippen LogP contribution in [0.4, 0.5) is 14.9 Å². The zero-order valence-electron chi connectivity index (χ0n) is 16.8. The number of nitrogens with one attached hydrogen (secondary N) is 3. The number of aromatic amines is 1. The average Bonchev–Trinajstić information content (AvgIpc) is 3.19. The van der Waals surface area contributed by atoms with Crippen molar-refractivity contribution in [2.75, 3.05) is 19.0 Å². The van der Waals surface area contributed by atoms with Gasteiger partial charge in [0, 0.05) is 34.6 Å². The second-order valence-electron chi connectivity index (χ2n) is 7.07. The van der Waals surface area contributed by atoms with Crippen molar-refractivity contribution in [3.05, 3.63) is 94.9 Å². The summed E-state index contributed by atoms with van der Waals surface area (Å²) in [7, 11) is 1.52. The largest absolute Gasteiger partial charge is 0.495 e. The summed E-state index contributed by atoms with van der Waals surface area (Å²) >= 11 is 6.04. The van der Waals surface area contributed by atoms with E-state index in [4.69, 9.17) is 16.3 Å². The Labute approximate surface area is 184 Å². The minimum absolute atomic E-state index is 0.177. The van der Waals surface area contributed by atoms with Gasteiger partial charge in [-0.15, -0.1) is 0 Å². The zero-order valence-corrected chi connectivity index (χ0v) is 17.5. The predicted octanol–water partition coefficient (Wildman–Crippen LogP) is 5.92. The lowest BCUT2D eigenvalue weighted by atomic mass is 9.91. The van der Waals surface area contributed by atoms with Crippen LogP contribution in [0.5, 0.6) is 5.75 Å². The van der Waals surface area contributed by atoms with Gasteiger partial charge >= 0.3 is 6.03 Å². The molecule has 3 aromatic carbocycles. The van der Waals surface area contributed by atoms with E-state index >= 15 is 0 Å². The summed E-state index contributed by atoms with van der Waals surface area (Å²) in [5, 5.41) is 7.22. The van der Waals surface area contributed by atoms with Gasteiger partial charge in [-0.2, -0.15) is 0 Å². The number of aromatic nitrogens is 1. The van der Waals surface area contributed by atoms with Gasteiger partial charge in [-0.05, 0) is 47.5 Å². The van der Waals surface area contributed by atoms with Crippen molar-refractivity contribution in [2.24, 2.45) is 0 Å². The Morgan fingerprint density at radius 2 is 1.90 bits per heavy atom. The van der Waals surface area contributed by atoms with Crippen LogP contribution in [-0.2, 0) is 0 Å². The number of amides is 2. The molecule has 0 aliphatic rings. The molecule has 0 fully saturated rings. The first kappa shape index (κ1) is 20.8. The molecule has 0 radical (unpaired) electrons. The Balaban J connectivity index is 1.58. The molecule has 0 saturated heterocycles. The molecule has 0 aliphatic carbocycles. The van der Waals surface area contributed by atoms with E-state index < -0.39 is 6.03 Å². The van der Waals surface area contributed by atoms with Gasteiger partial charge in [-0.25, -0.2) is 9.18 Å². The Hall–Kier alpha value is -3.51. The molecular weight excluding hydrogens is 417 g/mol. The van der Waals surface area contributed by atoms with Gasteiger partial charge in [0.05, 0.1) is 12.8 Å². The number of hydrogen-bond acceptors (Lipinski definition) is 2. The quantitative estimate of drug-likeness (QED) is 0.350. The van der Waals surface area contributed by atoms with Gasteiger partial charge < -0.3 is 20.4 Å². The van der Waals surface area contributed by atoms with Crippen LogP contribution in [0.3, 0.4) is 0 Å². The summed E-state index contributed by atoms with van der Waals surface area (Å²) in [6.07, 6.45) is 1.93. The van der Waals surface area contributed by atoms with E-state index in [1.165, 1.54) is 19.2 Å². The highest BCUT2D eigenvalue weighted by Gasteiger charge is 2.19. The number of ether oxygens (including phenoxy) is 1. The number of carbonyl (C=O) groups excluding carboxylic acids is 1. The number of carbonyl (C=O) groups is 1.